The predicted molar refractivity (Wildman–Crippen MR) is 79.0 cm³/mol. The number of hydrogen-bond donors (Lipinski definition) is 3. The molecule has 2 heterocycles. The molecule has 0 amide bonds. The van der Waals surface area contributed by atoms with Gasteiger partial charge in [-0.3, -0.25) is 14.8 Å². The van der Waals surface area contributed by atoms with Crippen LogP contribution in [0.4, 0.5) is 5.69 Å². The standard InChI is InChI=1S/C13H13N5O2S/c14-7-10-8-16-17-13(10)21(19,20)18-11-5-1-3-9-4-2-6-15-12(9)11/h1-6,8,18H,7,14H2,(H,16,17). The molecule has 3 rings (SSSR count). The summed E-state index contributed by atoms with van der Waals surface area (Å²) in [6, 6.07) is 8.94. The summed E-state index contributed by atoms with van der Waals surface area (Å²) in [6.07, 6.45) is 3.01. The highest BCUT2D eigenvalue weighted by atomic mass is 32.2. The molecule has 1 aromatic carbocycles. The Hall–Kier alpha value is -2.45. The molecule has 21 heavy (non-hydrogen) atoms. The number of nitrogens with zero attached hydrogens (tertiary/aromatic N) is 2. The zero-order chi connectivity index (χ0) is 14.9. The summed E-state index contributed by atoms with van der Waals surface area (Å²) >= 11 is 0. The number of anilines is 1. The fourth-order valence-electron chi connectivity index (χ4n) is 2.06. The molecule has 0 unspecified atom stereocenters. The first-order chi connectivity index (χ1) is 10.1. The summed E-state index contributed by atoms with van der Waals surface area (Å²) in [7, 11) is -3.79. The van der Waals surface area contributed by atoms with Crippen molar-refractivity contribution in [2.45, 2.75) is 11.6 Å². The molecule has 0 saturated carbocycles. The summed E-state index contributed by atoms with van der Waals surface area (Å²) in [5.41, 5.74) is 6.93. The predicted octanol–water partition coefficient (Wildman–Crippen LogP) is 1.22. The quantitative estimate of drug-likeness (QED) is 0.670. The van der Waals surface area contributed by atoms with Gasteiger partial charge in [-0.15, -0.1) is 0 Å². The van der Waals surface area contributed by atoms with Crippen LogP contribution in [-0.2, 0) is 16.6 Å². The Balaban J connectivity index is 2.06. The first-order valence-electron chi connectivity index (χ1n) is 6.21. The molecule has 0 saturated heterocycles. The summed E-state index contributed by atoms with van der Waals surface area (Å²) in [6.45, 7) is 0.0839. The largest absolute Gasteiger partial charge is 0.326 e. The van der Waals surface area contributed by atoms with E-state index < -0.39 is 10.0 Å². The molecular weight excluding hydrogens is 290 g/mol. The number of benzene rings is 1. The van der Waals surface area contributed by atoms with Gasteiger partial charge in [0.05, 0.1) is 17.4 Å². The van der Waals surface area contributed by atoms with Crippen molar-refractivity contribution < 1.29 is 8.42 Å². The third kappa shape index (κ3) is 2.46. The van der Waals surface area contributed by atoms with E-state index >= 15 is 0 Å². The molecule has 0 aliphatic heterocycles. The molecule has 0 bridgehead atoms. The maximum atomic E-state index is 12.4. The van der Waals surface area contributed by atoms with Crippen molar-refractivity contribution >= 4 is 26.6 Å². The summed E-state index contributed by atoms with van der Waals surface area (Å²) in [5.74, 6) is 0. The molecule has 0 aliphatic rings. The Morgan fingerprint density at radius 2 is 2.05 bits per heavy atom. The first-order valence-corrected chi connectivity index (χ1v) is 7.69. The van der Waals surface area contributed by atoms with Gasteiger partial charge in [0, 0.05) is 23.7 Å². The second kappa shape index (κ2) is 5.15. The van der Waals surface area contributed by atoms with Gasteiger partial charge >= 0.3 is 0 Å². The first kappa shape index (κ1) is 13.5. The number of H-pyrrole nitrogens is 1. The van der Waals surface area contributed by atoms with Gasteiger partial charge in [-0.05, 0) is 12.1 Å². The van der Waals surface area contributed by atoms with Gasteiger partial charge in [0.15, 0.2) is 5.03 Å². The van der Waals surface area contributed by atoms with E-state index in [4.69, 9.17) is 5.73 Å². The number of sulfonamides is 1. The Morgan fingerprint density at radius 3 is 2.86 bits per heavy atom. The van der Waals surface area contributed by atoms with Crippen molar-refractivity contribution in [1.29, 1.82) is 0 Å². The molecule has 2 aromatic heterocycles. The van der Waals surface area contributed by atoms with Crippen LogP contribution in [0, 0.1) is 0 Å². The normalized spacial score (nSPS) is 11.7. The highest BCUT2D eigenvalue weighted by molar-refractivity contribution is 7.92. The summed E-state index contributed by atoms with van der Waals surface area (Å²) < 4.78 is 27.4. The average Bonchev–Trinajstić information content (AvgIpc) is 2.97. The van der Waals surface area contributed by atoms with Crippen molar-refractivity contribution in [3.63, 3.8) is 0 Å². The maximum Gasteiger partial charge on any atom is 0.279 e. The van der Waals surface area contributed by atoms with Crippen LogP contribution in [-0.4, -0.2) is 23.6 Å². The molecular formula is C13H13N5O2S. The van der Waals surface area contributed by atoms with Crippen molar-refractivity contribution in [3.05, 3.63) is 48.3 Å². The third-order valence-electron chi connectivity index (χ3n) is 3.04. The van der Waals surface area contributed by atoms with Gasteiger partial charge in [-0.25, -0.2) is 0 Å². The maximum absolute atomic E-state index is 12.4. The van der Waals surface area contributed by atoms with Crippen LogP contribution >= 0.6 is 0 Å². The topological polar surface area (TPSA) is 114 Å². The number of para-hydroxylation sites is 1. The lowest BCUT2D eigenvalue weighted by atomic mass is 10.2. The van der Waals surface area contributed by atoms with Crippen molar-refractivity contribution in [2.75, 3.05) is 4.72 Å². The molecule has 7 nitrogen and oxygen atoms in total. The van der Waals surface area contributed by atoms with E-state index in [2.05, 4.69) is 19.9 Å². The summed E-state index contributed by atoms with van der Waals surface area (Å²) in [4.78, 5) is 4.21. The minimum atomic E-state index is -3.79. The van der Waals surface area contributed by atoms with Crippen LogP contribution < -0.4 is 10.5 Å². The monoisotopic (exact) mass is 303 g/mol. The van der Waals surface area contributed by atoms with E-state index in [1.807, 2.05) is 12.1 Å². The molecule has 4 N–H and O–H groups in total. The SMILES string of the molecule is NCc1cn[nH]c1S(=O)(=O)Nc1cccc2cccnc12. The lowest BCUT2D eigenvalue weighted by Crippen LogP contribution is -2.16. The molecule has 3 aromatic rings. The molecule has 0 fully saturated rings. The average molecular weight is 303 g/mol. The van der Waals surface area contributed by atoms with Gasteiger partial charge in [0.1, 0.15) is 0 Å². The van der Waals surface area contributed by atoms with Crippen LogP contribution in [0.3, 0.4) is 0 Å². The van der Waals surface area contributed by atoms with E-state index in [-0.39, 0.29) is 11.6 Å². The van der Waals surface area contributed by atoms with Gasteiger partial charge in [-0.2, -0.15) is 13.5 Å². The Bertz CT molecular complexity index is 883. The van der Waals surface area contributed by atoms with Crippen molar-refractivity contribution in [3.8, 4) is 0 Å². The number of hydrogen-bond acceptors (Lipinski definition) is 5. The van der Waals surface area contributed by atoms with E-state index in [9.17, 15) is 8.42 Å². The number of fused-ring (bicyclic) bond motifs is 1. The number of nitrogens with one attached hydrogen (secondary N) is 2. The van der Waals surface area contributed by atoms with Crippen molar-refractivity contribution in [2.24, 2.45) is 5.73 Å². The van der Waals surface area contributed by atoms with E-state index in [0.717, 1.165) is 5.39 Å². The number of aromatic amines is 1. The number of aromatic nitrogens is 3. The Labute approximate surface area is 121 Å². The zero-order valence-corrected chi connectivity index (χ0v) is 11.8. The van der Waals surface area contributed by atoms with Gasteiger partial charge in [0.2, 0.25) is 0 Å². The third-order valence-corrected chi connectivity index (χ3v) is 4.42. The summed E-state index contributed by atoms with van der Waals surface area (Å²) in [5, 5.41) is 7.01. The van der Waals surface area contributed by atoms with E-state index in [1.54, 1.807) is 24.4 Å². The number of rotatable bonds is 4. The second-order valence-electron chi connectivity index (χ2n) is 4.41. The van der Waals surface area contributed by atoms with Gasteiger partial charge in [-0.1, -0.05) is 18.2 Å². The highest BCUT2D eigenvalue weighted by Gasteiger charge is 2.21. The minimum Gasteiger partial charge on any atom is -0.326 e. The molecule has 0 aliphatic carbocycles. The minimum absolute atomic E-state index is 0.0297. The van der Waals surface area contributed by atoms with Gasteiger partial charge in [0.25, 0.3) is 10.0 Å². The van der Waals surface area contributed by atoms with Gasteiger partial charge < -0.3 is 5.73 Å². The molecule has 0 radical (unpaired) electrons. The van der Waals surface area contributed by atoms with Crippen LogP contribution in [0.5, 0.6) is 0 Å². The lowest BCUT2D eigenvalue weighted by molar-refractivity contribution is 0.596. The smallest absolute Gasteiger partial charge is 0.279 e. The van der Waals surface area contributed by atoms with Crippen LogP contribution in [0.2, 0.25) is 0 Å². The second-order valence-corrected chi connectivity index (χ2v) is 6.03. The zero-order valence-electron chi connectivity index (χ0n) is 10.9. The molecule has 0 atom stereocenters. The highest BCUT2D eigenvalue weighted by Crippen LogP contribution is 2.24. The molecule has 0 spiro atoms. The van der Waals surface area contributed by atoms with Crippen LogP contribution in [0.15, 0.2) is 47.8 Å². The van der Waals surface area contributed by atoms with E-state index in [1.165, 1.54) is 6.20 Å². The van der Waals surface area contributed by atoms with E-state index in [0.29, 0.717) is 16.8 Å². The lowest BCUT2D eigenvalue weighted by Gasteiger charge is -2.09. The van der Waals surface area contributed by atoms with Crippen LogP contribution in [0.1, 0.15) is 5.56 Å². The molecule has 8 heteroatoms. The fourth-order valence-corrected chi connectivity index (χ4v) is 3.27. The fraction of sp³-hybridized carbons (Fsp3) is 0.0769. The number of pyridine rings is 1. The molecule has 108 valence electrons. The Kier molecular flexibility index (Phi) is 3.32. The van der Waals surface area contributed by atoms with Crippen molar-refractivity contribution in [1.82, 2.24) is 15.2 Å². The van der Waals surface area contributed by atoms with Crippen LogP contribution in [0.25, 0.3) is 10.9 Å². The Morgan fingerprint density at radius 1 is 1.24 bits per heavy atom. The number of nitrogens with two attached hydrogens (primary N) is 1.